The predicted octanol–water partition coefficient (Wildman–Crippen LogP) is 4.99. The molecule has 2 amide bonds. The van der Waals surface area contributed by atoms with E-state index in [1.54, 1.807) is 0 Å². The van der Waals surface area contributed by atoms with Crippen molar-refractivity contribution in [2.45, 2.75) is 19.4 Å². The molecule has 0 aliphatic carbocycles. The van der Waals surface area contributed by atoms with Gasteiger partial charge in [-0.05, 0) is 54.8 Å². The third-order valence-electron chi connectivity index (χ3n) is 5.86. The van der Waals surface area contributed by atoms with Crippen molar-refractivity contribution in [3.63, 3.8) is 0 Å². The Hall–Kier alpha value is -3.47. The summed E-state index contributed by atoms with van der Waals surface area (Å²) in [4.78, 5) is 17.1. The van der Waals surface area contributed by atoms with Crippen molar-refractivity contribution >= 4 is 23.1 Å². The maximum atomic E-state index is 12.6. The van der Waals surface area contributed by atoms with Gasteiger partial charge in [-0.25, -0.2) is 4.79 Å². The van der Waals surface area contributed by atoms with Crippen LogP contribution in [0.4, 0.5) is 21.9 Å². The van der Waals surface area contributed by atoms with Gasteiger partial charge in [0, 0.05) is 44.2 Å². The zero-order valence-electron chi connectivity index (χ0n) is 18.4. The molecule has 4 rings (SSSR count). The van der Waals surface area contributed by atoms with E-state index in [-0.39, 0.29) is 12.1 Å². The SMILES string of the molecule is Cc1ccc(NC(=O)NC[C@@H](c2ccc(N(C)C)cc2)N2CCc3ccccc32)cc1. The summed E-state index contributed by atoms with van der Waals surface area (Å²) in [5.74, 6) is 0. The van der Waals surface area contributed by atoms with Gasteiger partial charge in [0.2, 0.25) is 0 Å². The first kappa shape index (κ1) is 20.8. The zero-order chi connectivity index (χ0) is 21.8. The smallest absolute Gasteiger partial charge is 0.319 e. The zero-order valence-corrected chi connectivity index (χ0v) is 18.4. The van der Waals surface area contributed by atoms with Crippen molar-refractivity contribution < 1.29 is 4.79 Å². The molecule has 0 bridgehead atoms. The van der Waals surface area contributed by atoms with Gasteiger partial charge in [0.05, 0.1) is 6.04 Å². The number of hydrogen-bond acceptors (Lipinski definition) is 3. The number of carbonyl (C=O) groups is 1. The van der Waals surface area contributed by atoms with Crippen LogP contribution in [0, 0.1) is 6.92 Å². The Morgan fingerprint density at radius 1 is 1.00 bits per heavy atom. The molecule has 1 heterocycles. The van der Waals surface area contributed by atoms with E-state index in [1.165, 1.54) is 22.4 Å². The van der Waals surface area contributed by atoms with Crippen molar-refractivity contribution in [1.29, 1.82) is 0 Å². The average molecular weight is 415 g/mol. The molecule has 0 aromatic heterocycles. The van der Waals surface area contributed by atoms with Crippen molar-refractivity contribution in [2.24, 2.45) is 0 Å². The second kappa shape index (κ2) is 9.13. The van der Waals surface area contributed by atoms with Gasteiger partial charge in [-0.3, -0.25) is 0 Å². The van der Waals surface area contributed by atoms with E-state index in [1.807, 2.05) is 45.3 Å². The van der Waals surface area contributed by atoms with Crippen LogP contribution < -0.4 is 20.4 Å². The molecule has 0 spiro atoms. The number of anilines is 3. The molecule has 0 unspecified atom stereocenters. The van der Waals surface area contributed by atoms with E-state index >= 15 is 0 Å². The van der Waals surface area contributed by atoms with Gasteiger partial charge in [-0.1, -0.05) is 48.0 Å². The topological polar surface area (TPSA) is 47.6 Å². The largest absolute Gasteiger partial charge is 0.378 e. The Kier molecular flexibility index (Phi) is 6.12. The Bertz CT molecular complexity index is 1030. The number of fused-ring (bicyclic) bond motifs is 1. The van der Waals surface area contributed by atoms with Gasteiger partial charge in [-0.15, -0.1) is 0 Å². The van der Waals surface area contributed by atoms with Gasteiger partial charge in [0.1, 0.15) is 0 Å². The molecule has 5 heteroatoms. The fourth-order valence-corrected chi connectivity index (χ4v) is 4.09. The second-order valence-corrected chi connectivity index (χ2v) is 8.27. The molecule has 31 heavy (non-hydrogen) atoms. The molecule has 3 aromatic carbocycles. The van der Waals surface area contributed by atoms with Crippen LogP contribution in [0.2, 0.25) is 0 Å². The lowest BCUT2D eigenvalue weighted by atomic mass is 10.0. The fraction of sp³-hybridized carbons (Fsp3) is 0.269. The molecular formula is C26H30N4O. The molecule has 2 N–H and O–H groups in total. The molecule has 0 saturated heterocycles. The minimum absolute atomic E-state index is 0.0589. The van der Waals surface area contributed by atoms with Gasteiger partial charge in [-0.2, -0.15) is 0 Å². The standard InChI is InChI=1S/C26H30N4O/c1-19-8-12-22(13-9-19)28-26(31)27-18-25(21-10-14-23(15-11-21)29(2)3)30-17-16-20-6-4-5-7-24(20)30/h4-15,25H,16-18H2,1-3H3,(H2,27,28,31)/t25-/m0/s1. The normalized spacial score (nSPS) is 13.5. The number of benzene rings is 3. The number of urea groups is 1. The van der Waals surface area contributed by atoms with E-state index in [0.717, 1.165) is 24.3 Å². The van der Waals surface area contributed by atoms with Gasteiger partial charge in [0.25, 0.3) is 0 Å². The number of carbonyl (C=O) groups excluding carboxylic acids is 1. The van der Waals surface area contributed by atoms with E-state index in [4.69, 9.17) is 0 Å². The summed E-state index contributed by atoms with van der Waals surface area (Å²) in [5.41, 5.74) is 6.93. The number of rotatable bonds is 6. The predicted molar refractivity (Wildman–Crippen MR) is 129 cm³/mol. The lowest BCUT2D eigenvalue weighted by molar-refractivity contribution is 0.251. The summed E-state index contributed by atoms with van der Waals surface area (Å²) in [6.07, 6.45) is 1.03. The number of aryl methyl sites for hydroxylation is 1. The minimum atomic E-state index is -0.189. The van der Waals surface area contributed by atoms with E-state index < -0.39 is 0 Å². The van der Waals surface area contributed by atoms with Crippen molar-refractivity contribution in [3.05, 3.63) is 89.5 Å². The summed E-state index contributed by atoms with van der Waals surface area (Å²) in [6.45, 7) is 3.50. The van der Waals surface area contributed by atoms with Crippen LogP contribution in [0.15, 0.2) is 72.8 Å². The lowest BCUT2D eigenvalue weighted by Gasteiger charge is -2.31. The second-order valence-electron chi connectivity index (χ2n) is 8.27. The van der Waals surface area contributed by atoms with Crippen LogP contribution in [0.3, 0.4) is 0 Å². The van der Waals surface area contributed by atoms with Crippen LogP contribution in [-0.4, -0.2) is 33.2 Å². The fourth-order valence-electron chi connectivity index (χ4n) is 4.09. The van der Waals surface area contributed by atoms with E-state index in [0.29, 0.717) is 6.54 Å². The molecule has 0 saturated carbocycles. The third-order valence-corrected chi connectivity index (χ3v) is 5.86. The molecule has 3 aromatic rings. The van der Waals surface area contributed by atoms with Crippen molar-refractivity contribution in [2.75, 3.05) is 42.3 Å². The number of nitrogens with zero attached hydrogens (tertiary/aromatic N) is 2. The molecule has 0 radical (unpaired) electrons. The first-order chi connectivity index (χ1) is 15.0. The quantitative estimate of drug-likeness (QED) is 0.598. The molecule has 1 aliphatic rings. The summed E-state index contributed by atoms with van der Waals surface area (Å²) in [7, 11) is 4.08. The Morgan fingerprint density at radius 2 is 1.71 bits per heavy atom. The maximum Gasteiger partial charge on any atom is 0.319 e. The van der Waals surface area contributed by atoms with Crippen molar-refractivity contribution in [3.8, 4) is 0 Å². The number of nitrogens with one attached hydrogen (secondary N) is 2. The molecular weight excluding hydrogens is 384 g/mol. The minimum Gasteiger partial charge on any atom is -0.378 e. The van der Waals surface area contributed by atoms with E-state index in [9.17, 15) is 4.79 Å². The molecule has 160 valence electrons. The van der Waals surface area contributed by atoms with Crippen LogP contribution in [-0.2, 0) is 6.42 Å². The lowest BCUT2D eigenvalue weighted by Crippen LogP contribution is -2.39. The van der Waals surface area contributed by atoms with Crippen LogP contribution in [0.25, 0.3) is 0 Å². The summed E-state index contributed by atoms with van der Waals surface area (Å²) in [5, 5.41) is 6.02. The van der Waals surface area contributed by atoms with E-state index in [2.05, 4.69) is 69.0 Å². The highest BCUT2D eigenvalue weighted by Crippen LogP contribution is 2.35. The maximum absolute atomic E-state index is 12.6. The average Bonchev–Trinajstić information content (AvgIpc) is 3.20. The highest BCUT2D eigenvalue weighted by Gasteiger charge is 2.27. The molecule has 5 nitrogen and oxygen atoms in total. The summed E-state index contributed by atoms with van der Waals surface area (Å²) >= 11 is 0. The van der Waals surface area contributed by atoms with Crippen molar-refractivity contribution in [1.82, 2.24) is 5.32 Å². The first-order valence-electron chi connectivity index (χ1n) is 10.7. The molecule has 1 aliphatic heterocycles. The van der Waals surface area contributed by atoms with Crippen LogP contribution in [0.5, 0.6) is 0 Å². The molecule has 1 atom stereocenters. The van der Waals surface area contributed by atoms with Gasteiger partial charge in [0.15, 0.2) is 0 Å². The summed E-state index contributed by atoms with van der Waals surface area (Å²) < 4.78 is 0. The highest BCUT2D eigenvalue weighted by atomic mass is 16.2. The number of hydrogen-bond donors (Lipinski definition) is 2. The highest BCUT2D eigenvalue weighted by molar-refractivity contribution is 5.89. The third kappa shape index (κ3) is 4.82. The van der Waals surface area contributed by atoms with Crippen LogP contribution >= 0.6 is 0 Å². The Balaban J connectivity index is 1.52. The number of amides is 2. The Labute approximate surface area is 184 Å². The summed E-state index contributed by atoms with van der Waals surface area (Å²) in [6, 6.07) is 24.8. The first-order valence-corrected chi connectivity index (χ1v) is 10.7. The van der Waals surface area contributed by atoms with Gasteiger partial charge >= 0.3 is 6.03 Å². The Morgan fingerprint density at radius 3 is 2.42 bits per heavy atom. The molecule has 0 fully saturated rings. The van der Waals surface area contributed by atoms with Gasteiger partial charge < -0.3 is 20.4 Å². The monoisotopic (exact) mass is 414 g/mol. The van der Waals surface area contributed by atoms with Crippen LogP contribution in [0.1, 0.15) is 22.7 Å². The number of para-hydroxylation sites is 1.